The average molecular weight is 229 g/mol. The van der Waals surface area contributed by atoms with Crippen LogP contribution in [-0.2, 0) is 19.1 Å². The molecule has 1 rings (SSSR count). The van der Waals surface area contributed by atoms with E-state index in [1.807, 2.05) is 6.92 Å². The largest absolute Gasteiger partial charge is 0.467 e. The molecule has 1 amide bonds. The zero-order valence-electron chi connectivity index (χ0n) is 9.90. The van der Waals surface area contributed by atoms with E-state index in [2.05, 4.69) is 0 Å². The summed E-state index contributed by atoms with van der Waals surface area (Å²) in [5, 5.41) is 0. The lowest BCUT2D eigenvalue weighted by Gasteiger charge is -2.33. The van der Waals surface area contributed by atoms with Gasteiger partial charge in [-0.2, -0.15) is 0 Å². The van der Waals surface area contributed by atoms with Gasteiger partial charge in [0, 0.05) is 13.2 Å². The fraction of sp³-hybridized carbons (Fsp3) is 0.818. The molecule has 0 radical (unpaired) electrons. The molecule has 0 N–H and O–H groups in total. The number of hydrogen-bond donors (Lipinski definition) is 0. The summed E-state index contributed by atoms with van der Waals surface area (Å²) in [7, 11) is 1.35. The van der Waals surface area contributed by atoms with E-state index in [0.29, 0.717) is 19.6 Å². The summed E-state index contributed by atoms with van der Waals surface area (Å²) in [4.78, 5) is 24.9. The second-order valence-corrected chi connectivity index (χ2v) is 3.76. The quantitative estimate of drug-likeness (QED) is 0.662. The van der Waals surface area contributed by atoms with Crippen molar-refractivity contribution in [1.29, 1.82) is 0 Å². The van der Waals surface area contributed by atoms with Crippen LogP contribution >= 0.6 is 0 Å². The summed E-state index contributed by atoms with van der Waals surface area (Å²) in [5.41, 5.74) is 0. The van der Waals surface area contributed by atoms with Crippen LogP contribution < -0.4 is 0 Å². The number of amides is 1. The van der Waals surface area contributed by atoms with Gasteiger partial charge in [0.25, 0.3) is 0 Å². The van der Waals surface area contributed by atoms with Gasteiger partial charge >= 0.3 is 5.97 Å². The number of carbonyl (C=O) groups excluding carboxylic acids is 2. The van der Waals surface area contributed by atoms with Crippen LogP contribution in [-0.4, -0.2) is 49.7 Å². The van der Waals surface area contributed by atoms with Gasteiger partial charge in [-0.1, -0.05) is 0 Å². The first-order valence-electron chi connectivity index (χ1n) is 5.65. The monoisotopic (exact) mass is 229 g/mol. The Hall–Kier alpha value is -1.10. The average Bonchev–Trinajstić information content (AvgIpc) is 2.35. The first kappa shape index (κ1) is 13.0. The normalized spacial score (nSPS) is 20.6. The second kappa shape index (κ2) is 6.48. The summed E-state index contributed by atoms with van der Waals surface area (Å²) in [6.07, 6.45) is 2.58. The molecule has 5 heteroatoms. The molecule has 92 valence electrons. The van der Waals surface area contributed by atoms with Gasteiger partial charge in [-0.3, -0.25) is 4.79 Å². The van der Waals surface area contributed by atoms with E-state index < -0.39 is 6.04 Å². The van der Waals surface area contributed by atoms with Gasteiger partial charge in [-0.15, -0.1) is 0 Å². The molecule has 0 spiro atoms. The molecule has 1 aliphatic rings. The fourth-order valence-corrected chi connectivity index (χ4v) is 1.88. The van der Waals surface area contributed by atoms with Crippen LogP contribution in [0.2, 0.25) is 0 Å². The summed E-state index contributed by atoms with van der Waals surface area (Å²) >= 11 is 0. The van der Waals surface area contributed by atoms with Crippen molar-refractivity contribution >= 4 is 11.9 Å². The van der Waals surface area contributed by atoms with Gasteiger partial charge in [-0.25, -0.2) is 4.79 Å². The van der Waals surface area contributed by atoms with Crippen LogP contribution in [0.4, 0.5) is 0 Å². The Morgan fingerprint density at radius 3 is 2.75 bits per heavy atom. The number of piperidine rings is 1. The van der Waals surface area contributed by atoms with Crippen LogP contribution in [0, 0.1) is 0 Å². The van der Waals surface area contributed by atoms with E-state index in [1.54, 1.807) is 4.90 Å². The number of nitrogens with zero attached hydrogens (tertiary/aromatic N) is 1. The molecule has 1 fully saturated rings. The van der Waals surface area contributed by atoms with E-state index in [9.17, 15) is 9.59 Å². The van der Waals surface area contributed by atoms with Crippen LogP contribution in [0.25, 0.3) is 0 Å². The van der Waals surface area contributed by atoms with Gasteiger partial charge < -0.3 is 14.4 Å². The van der Waals surface area contributed by atoms with Crippen molar-refractivity contribution in [2.75, 3.05) is 26.9 Å². The van der Waals surface area contributed by atoms with Crippen LogP contribution in [0.1, 0.15) is 26.2 Å². The van der Waals surface area contributed by atoms with Crippen molar-refractivity contribution in [3.8, 4) is 0 Å². The van der Waals surface area contributed by atoms with Gasteiger partial charge in [0.15, 0.2) is 0 Å². The molecular formula is C11H19NO4. The van der Waals surface area contributed by atoms with Crippen LogP contribution in [0.15, 0.2) is 0 Å². The highest BCUT2D eigenvalue weighted by molar-refractivity contribution is 5.85. The van der Waals surface area contributed by atoms with Gasteiger partial charge in [0.1, 0.15) is 12.6 Å². The highest BCUT2D eigenvalue weighted by Gasteiger charge is 2.32. The maximum atomic E-state index is 11.8. The van der Waals surface area contributed by atoms with Crippen molar-refractivity contribution in [3.05, 3.63) is 0 Å². The third kappa shape index (κ3) is 3.20. The van der Waals surface area contributed by atoms with Crippen molar-refractivity contribution < 1.29 is 19.1 Å². The van der Waals surface area contributed by atoms with E-state index >= 15 is 0 Å². The number of hydrogen-bond acceptors (Lipinski definition) is 4. The zero-order valence-corrected chi connectivity index (χ0v) is 9.90. The Bertz CT molecular complexity index is 254. The molecule has 1 unspecified atom stereocenters. The minimum absolute atomic E-state index is 0.0456. The molecular weight excluding hydrogens is 210 g/mol. The smallest absolute Gasteiger partial charge is 0.328 e. The molecule has 0 aromatic heterocycles. The SMILES string of the molecule is CCOCC(=O)N1CCCCC1C(=O)OC. The van der Waals surface area contributed by atoms with Gasteiger partial charge in [0.05, 0.1) is 7.11 Å². The number of likely N-dealkylation sites (tertiary alicyclic amines) is 1. The van der Waals surface area contributed by atoms with E-state index in [0.717, 1.165) is 12.8 Å². The molecule has 5 nitrogen and oxygen atoms in total. The Labute approximate surface area is 95.7 Å². The predicted octanol–water partition coefficient (Wildman–Crippen LogP) is 0.577. The van der Waals surface area contributed by atoms with Gasteiger partial charge in [-0.05, 0) is 26.2 Å². The molecule has 16 heavy (non-hydrogen) atoms. The summed E-state index contributed by atoms with van der Waals surface area (Å²) in [5.74, 6) is -0.457. The Balaban J connectivity index is 2.59. The third-order valence-corrected chi connectivity index (χ3v) is 2.73. The number of carbonyl (C=O) groups is 2. The standard InChI is InChI=1S/C11H19NO4/c1-3-16-8-10(13)12-7-5-4-6-9(12)11(14)15-2/h9H,3-8H2,1-2H3. The minimum atomic E-state index is -0.424. The predicted molar refractivity (Wildman–Crippen MR) is 57.9 cm³/mol. The highest BCUT2D eigenvalue weighted by atomic mass is 16.5. The molecule has 1 atom stereocenters. The summed E-state index contributed by atoms with van der Waals surface area (Å²) in [6, 6.07) is -0.424. The maximum absolute atomic E-state index is 11.8. The van der Waals surface area contributed by atoms with E-state index in [-0.39, 0.29) is 18.5 Å². The van der Waals surface area contributed by atoms with Crippen molar-refractivity contribution in [1.82, 2.24) is 4.90 Å². The Kier molecular flexibility index (Phi) is 5.25. The Morgan fingerprint density at radius 1 is 1.38 bits per heavy atom. The van der Waals surface area contributed by atoms with E-state index in [1.165, 1.54) is 7.11 Å². The molecule has 1 saturated heterocycles. The lowest BCUT2D eigenvalue weighted by molar-refractivity contribution is -0.156. The molecule has 0 bridgehead atoms. The third-order valence-electron chi connectivity index (χ3n) is 2.73. The Morgan fingerprint density at radius 2 is 2.12 bits per heavy atom. The fourth-order valence-electron chi connectivity index (χ4n) is 1.88. The summed E-state index contributed by atoms with van der Waals surface area (Å²) < 4.78 is 9.77. The van der Waals surface area contributed by atoms with Gasteiger partial charge in [0.2, 0.25) is 5.91 Å². The molecule has 0 aromatic carbocycles. The number of rotatable bonds is 4. The molecule has 0 aromatic rings. The number of methoxy groups -OCH3 is 1. The first-order chi connectivity index (χ1) is 7.70. The first-order valence-corrected chi connectivity index (χ1v) is 5.65. The maximum Gasteiger partial charge on any atom is 0.328 e. The second-order valence-electron chi connectivity index (χ2n) is 3.76. The highest BCUT2D eigenvalue weighted by Crippen LogP contribution is 2.18. The minimum Gasteiger partial charge on any atom is -0.467 e. The van der Waals surface area contributed by atoms with Crippen molar-refractivity contribution in [3.63, 3.8) is 0 Å². The lowest BCUT2D eigenvalue weighted by atomic mass is 10.0. The van der Waals surface area contributed by atoms with E-state index in [4.69, 9.17) is 9.47 Å². The number of ether oxygens (including phenoxy) is 2. The lowest BCUT2D eigenvalue weighted by Crippen LogP contribution is -2.49. The van der Waals surface area contributed by atoms with Crippen LogP contribution in [0.5, 0.6) is 0 Å². The van der Waals surface area contributed by atoms with Crippen LogP contribution in [0.3, 0.4) is 0 Å². The molecule has 1 heterocycles. The van der Waals surface area contributed by atoms with Crippen molar-refractivity contribution in [2.45, 2.75) is 32.2 Å². The number of esters is 1. The molecule has 0 saturated carbocycles. The molecule has 0 aliphatic carbocycles. The summed E-state index contributed by atoms with van der Waals surface area (Å²) in [6.45, 7) is 3.00. The van der Waals surface area contributed by atoms with Crippen molar-refractivity contribution in [2.24, 2.45) is 0 Å². The zero-order chi connectivity index (χ0) is 12.0. The topological polar surface area (TPSA) is 55.8 Å². The molecule has 1 aliphatic heterocycles.